The van der Waals surface area contributed by atoms with E-state index in [1.54, 1.807) is 30.3 Å². The van der Waals surface area contributed by atoms with Crippen LogP contribution in [0, 0.1) is 5.82 Å². The highest BCUT2D eigenvalue weighted by molar-refractivity contribution is 5.89. The largest absolute Gasteiger partial charge is 0.454 e. The lowest BCUT2D eigenvalue weighted by Crippen LogP contribution is -2.28. The van der Waals surface area contributed by atoms with Gasteiger partial charge < -0.3 is 24.5 Å². The third-order valence-corrected chi connectivity index (χ3v) is 4.99. The number of amides is 2. The summed E-state index contributed by atoms with van der Waals surface area (Å²) in [6.45, 7) is 0.497. The van der Waals surface area contributed by atoms with Crippen LogP contribution in [0.15, 0.2) is 71.1 Å². The summed E-state index contributed by atoms with van der Waals surface area (Å²) in [4.78, 5) is 12.2. The zero-order valence-corrected chi connectivity index (χ0v) is 17.4. The number of nitrogens with one attached hydrogen (secondary N) is 2. The SMILES string of the molecule is O=C(NCc1ccc(F)cc1)Nc1cccc(-c2nnc(Cc3ccc4c(c3)OCO4)o2)c1. The Bertz CT molecular complexity index is 1290. The van der Waals surface area contributed by atoms with Crippen molar-refractivity contribution in [3.8, 4) is 23.0 Å². The van der Waals surface area contributed by atoms with Crippen molar-refractivity contribution in [1.29, 1.82) is 0 Å². The van der Waals surface area contributed by atoms with Crippen LogP contribution in [0.2, 0.25) is 0 Å². The monoisotopic (exact) mass is 446 g/mol. The van der Waals surface area contributed by atoms with E-state index in [1.807, 2.05) is 24.3 Å². The van der Waals surface area contributed by atoms with Gasteiger partial charge in [-0.25, -0.2) is 9.18 Å². The number of urea groups is 1. The van der Waals surface area contributed by atoms with Crippen LogP contribution in [0.3, 0.4) is 0 Å². The smallest absolute Gasteiger partial charge is 0.319 e. The number of ether oxygens (including phenoxy) is 2. The highest BCUT2D eigenvalue weighted by atomic mass is 19.1. The van der Waals surface area contributed by atoms with Crippen LogP contribution in [0.1, 0.15) is 17.0 Å². The van der Waals surface area contributed by atoms with Crippen molar-refractivity contribution in [3.63, 3.8) is 0 Å². The van der Waals surface area contributed by atoms with Crippen molar-refractivity contribution in [1.82, 2.24) is 15.5 Å². The van der Waals surface area contributed by atoms with Gasteiger partial charge in [0.1, 0.15) is 5.82 Å². The van der Waals surface area contributed by atoms with E-state index in [0.717, 1.165) is 16.9 Å². The molecule has 0 fully saturated rings. The summed E-state index contributed by atoms with van der Waals surface area (Å²) in [5.41, 5.74) is 3.00. The van der Waals surface area contributed by atoms with E-state index in [2.05, 4.69) is 20.8 Å². The van der Waals surface area contributed by atoms with Crippen molar-refractivity contribution in [2.45, 2.75) is 13.0 Å². The summed E-state index contributed by atoms with van der Waals surface area (Å²) >= 11 is 0. The minimum atomic E-state index is -0.384. The molecule has 9 heteroatoms. The Labute approximate surface area is 188 Å². The van der Waals surface area contributed by atoms with E-state index in [0.29, 0.717) is 35.2 Å². The van der Waals surface area contributed by atoms with Crippen molar-refractivity contribution in [2.75, 3.05) is 12.1 Å². The number of hydrogen-bond donors (Lipinski definition) is 2. The normalized spacial score (nSPS) is 11.9. The van der Waals surface area contributed by atoms with Crippen molar-refractivity contribution in [2.24, 2.45) is 0 Å². The Balaban J connectivity index is 1.21. The predicted octanol–water partition coefficient (Wildman–Crippen LogP) is 4.52. The first-order valence-electron chi connectivity index (χ1n) is 10.2. The molecule has 2 N–H and O–H groups in total. The molecular weight excluding hydrogens is 427 g/mol. The number of halogens is 1. The Morgan fingerprint density at radius 3 is 2.64 bits per heavy atom. The van der Waals surface area contributed by atoms with Gasteiger partial charge in [0.15, 0.2) is 11.5 Å². The molecule has 8 nitrogen and oxygen atoms in total. The molecule has 0 bridgehead atoms. The van der Waals surface area contributed by atoms with Gasteiger partial charge in [-0.15, -0.1) is 10.2 Å². The lowest BCUT2D eigenvalue weighted by molar-refractivity contribution is 0.174. The molecule has 0 radical (unpaired) electrons. The summed E-state index contributed by atoms with van der Waals surface area (Å²) in [5.74, 6) is 1.90. The van der Waals surface area contributed by atoms with Gasteiger partial charge in [0.05, 0.1) is 6.42 Å². The second-order valence-electron chi connectivity index (χ2n) is 7.38. The molecule has 33 heavy (non-hydrogen) atoms. The van der Waals surface area contributed by atoms with Gasteiger partial charge >= 0.3 is 6.03 Å². The number of carbonyl (C=O) groups is 1. The van der Waals surface area contributed by atoms with E-state index in [-0.39, 0.29) is 25.2 Å². The summed E-state index contributed by atoms with van der Waals surface area (Å²) in [6.07, 6.45) is 0.452. The maximum absolute atomic E-state index is 13.0. The average molecular weight is 446 g/mol. The number of carbonyl (C=O) groups excluding carboxylic acids is 1. The number of fused-ring (bicyclic) bond motifs is 1. The van der Waals surface area contributed by atoms with E-state index < -0.39 is 0 Å². The van der Waals surface area contributed by atoms with Crippen molar-refractivity contribution in [3.05, 3.63) is 89.6 Å². The second-order valence-corrected chi connectivity index (χ2v) is 7.38. The van der Waals surface area contributed by atoms with Gasteiger partial charge in [0, 0.05) is 17.8 Å². The van der Waals surface area contributed by atoms with Gasteiger partial charge in [-0.05, 0) is 53.6 Å². The second kappa shape index (κ2) is 8.99. The Kier molecular flexibility index (Phi) is 5.59. The summed E-state index contributed by atoms with van der Waals surface area (Å²) in [6, 6.07) is 18.3. The van der Waals surface area contributed by atoms with Gasteiger partial charge in [-0.2, -0.15) is 0 Å². The molecule has 3 aromatic carbocycles. The van der Waals surface area contributed by atoms with Crippen LogP contribution in [-0.2, 0) is 13.0 Å². The number of rotatable bonds is 6. The number of benzene rings is 3. The Morgan fingerprint density at radius 2 is 1.76 bits per heavy atom. The minimum absolute atomic E-state index is 0.220. The first-order chi connectivity index (χ1) is 16.1. The van der Waals surface area contributed by atoms with Crippen LogP contribution < -0.4 is 20.1 Å². The minimum Gasteiger partial charge on any atom is -0.454 e. The number of aromatic nitrogens is 2. The molecule has 2 amide bonds. The molecule has 0 atom stereocenters. The number of anilines is 1. The fraction of sp³-hybridized carbons (Fsp3) is 0.125. The molecule has 0 saturated heterocycles. The fourth-order valence-corrected chi connectivity index (χ4v) is 3.36. The highest BCUT2D eigenvalue weighted by Gasteiger charge is 2.15. The van der Waals surface area contributed by atoms with Gasteiger partial charge in [0.2, 0.25) is 18.6 Å². The van der Waals surface area contributed by atoms with Gasteiger partial charge in [0.25, 0.3) is 0 Å². The maximum atomic E-state index is 13.0. The third kappa shape index (κ3) is 4.93. The number of hydrogen-bond acceptors (Lipinski definition) is 6. The fourth-order valence-electron chi connectivity index (χ4n) is 3.36. The molecule has 166 valence electrons. The van der Waals surface area contributed by atoms with E-state index in [1.165, 1.54) is 12.1 Å². The molecular formula is C24H19FN4O4. The average Bonchev–Trinajstić information content (AvgIpc) is 3.48. The molecule has 2 heterocycles. The van der Waals surface area contributed by atoms with E-state index >= 15 is 0 Å². The lowest BCUT2D eigenvalue weighted by Gasteiger charge is -2.08. The molecule has 4 aromatic rings. The van der Waals surface area contributed by atoms with E-state index in [4.69, 9.17) is 13.9 Å². The van der Waals surface area contributed by atoms with Crippen molar-refractivity contribution < 1.29 is 23.1 Å². The summed E-state index contributed by atoms with van der Waals surface area (Å²) in [7, 11) is 0. The zero-order valence-electron chi connectivity index (χ0n) is 17.4. The summed E-state index contributed by atoms with van der Waals surface area (Å²) < 4.78 is 29.5. The molecule has 0 saturated carbocycles. The standard InChI is InChI=1S/C24H19FN4O4/c25-18-7-4-15(5-8-18)13-26-24(30)27-19-3-1-2-17(12-19)23-29-28-22(33-23)11-16-6-9-20-21(10-16)32-14-31-20/h1-10,12H,11,13-14H2,(H2,26,27,30). The first-order valence-corrected chi connectivity index (χ1v) is 10.2. The maximum Gasteiger partial charge on any atom is 0.319 e. The van der Waals surface area contributed by atoms with Crippen molar-refractivity contribution >= 4 is 11.7 Å². The molecule has 5 rings (SSSR count). The molecule has 0 spiro atoms. The Hall–Kier alpha value is -4.40. The predicted molar refractivity (Wildman–Crippen MR) is 117 cm³/mol. The summed E-state index contributed by atoms with van der Waals surface area (Å²) in [5, 5.41) is 13.7. The molecule has 0 unspecified atom stereocenters. The third-order valence-electron chi connectivity index (χ3n) is 4.99. The van der Waals surface area contributed by atoms with Crippen LogP contribution in [0.4, 0.5) is 14.9 Å². The molecule has 1 aliphatic rings. The van der Waals surface area contributed by atoms with Crippen LogP contribution >= 0.6 is 0 Å². The molecule has 1 aliphatic heterocycles. The number of nitrogens with zero attached hydrogens (tertiary/aromatic N) is 2. The van der Waals surface area contributed by atoms with Gasteiger partial charge in [-0.1, -0.05) is 24.3 Å². The molecule has 0 aliphatic carbocycles. The van der Waals surface area contributed by atoms with Gasteiger partial charge in [-0.3, -0.25) is 0 Å². The van der Waals surface area contributed by atoms with E-state index in [9.17, 15) is 9.18 Å². The zero-order chi connectivity index (χ0) is 22.6. The lowest BCUT2D eigenvalue weighted by atomic mass is 10.1. The van der Waals surface area contributed by atoms with Crippen LogP contribution in [0.5, 0.6) is 11.5 Å². The first kappa shape index (κ1) is 20.5. The van der Waals surface area contributed by atoms with Crippen LogP contribution in [0.25, 0.3) is 11.5 Å². The topological polar surface area (TPSA) is 98.5 Å². The highest BCUT2D eigenvalue weighted by Crippen LogP contribution is 2.33. The quantitative estimate of drug-likeness (QED) is 0.452. The van der Waals surface area contributed by atoms with Crippen LogP contribution in [-0.4, -0.2) is 23.0 Å². The Morgan fingerprint density at radius 1 is 0.939 bits per heavy atom. The molecule has 1 aromatic heterocycles.